The summed E-state index contributed by atoms with van der Waals surface area (Å²) in [4.78, 5) is 21.3. The van der Waals surface area contributed by atoms with Crippen LogP contribution < -0.4 is 11.1 Å². The fraction of sp³-hybridized carbons (Fsp3) is 0.318. The maximum atomic E-state index is 14.8. The molecule has 180 valence electrons. The van der Waals surface area contributed by atoms with Crippen LogP contribution in [0.4, 0.5) is 14.5 Å². The molecule has 3 N–H and O–H groups in total. The standard InChI is InChI=1S/C22H22ClF2N5O3S/c1-12-18(28-17-7-4-13(23)9-30(12)17)19(31)27-14-5-6-16(25)15(8-14)22(10-24)11-34(32,33)21(2,3)20(26)29-22/h4-9H,10-11H2,1-3H3,(H2,26,29)(H,27,31). The molecule has 0 radical (unpaired) electrons. The van der Waals surface area contributed by atoms with Crippen molar-refractivity contribution < 1.29 is 22.0 Å². The van der Waals surface area contributed by atoms with Crippen molar-refractivity contribution >= 4 is 44.5 Å². The molecule has 0 saturated heterocycles. The number of pyridine rings is 1. The minimum atomic E-state index is -3.97. The molecular formula is C22H22ClF2N5O3S. The van der Waals surface area contributed by atoms with E-state index in [0.29, 0.717) is 16.4 Å². The van der Waals surface area contributed by atoms with Crippen molar-refractivity contribution in [2.45, 2.75) is 31.1 Å². The summed E-state index contributed by atoms with van der Waals surface area (Å²) in [6, 6.07) is 6.75. The zero-order valence-electron chi connectivity index (χ0n) is 18.6. The van der Waals surface area contributed by atoms with E-state index < -0.39 is 44.3 Å². The number of nitrogens with zero attached hydrogens (tertiary/aromatic N) is 3. The van der Waals surface area contributed by atoms with E-state index in [-0.39, 0.29) is 22.8 Å². The van der Waals surface area contributed by atoms with Gasteiger partial charge in [-0.1, -0.05) is 11.6 Å². The highest BCUT2D eigenvalue weighted by Crippen LogP contribution is 2.39. The topological polar surface area (TPSA) is 119 Å². The number of aryl methyl sites for hydroxylation is 1. The number of anilines is 1. The maximum absolute atomic E-state index is 14.8. The molecule has 2 aromatic heterocycles. The van der Waals surface area contributed by atoms with Crippen LogP contribution in [0.15, 0.2) is 41.5 Å². The molecule has 1 aliphatic heterocycles. The van der Waals surface area contributed by atoms with Crippen molar-refractivity contribution in [3.8, 4) is 0 Å². The van der Waals surface area contributed by atoms with Crippen LogP contribution in [0, 0.1) is 12.7 Å². The number of aromatic nitrogens is 2. The molecule has 1 aliphatic rings. The zero-order valence-corrected chi connectivity index (χ0v) is 20.1. The molecule has 1 atom stereocenters. The number of hydrogen-bond acceptors (Lipinski definition) is 6. The van der Waals surface area contributed by atoms with Gasteiger partial charge in [-0.25, -0.2) is 22.2 Å². The molecular weight excluding hydrogens is 488 g/mol. The van der Waals surface area contributed by atoms with Crippen molar-refractivity contribution in [2.75, 3.05) is 17.7 Å². The van der Waals surface area contributed by atoms with Gasteiger partial charge in [-0.3, -0.25) is 9.79 Å². The number of nitrogens with one attached hydrogen (secondary N) is 1. The Morgan fingerprint density at radius 3 is 2.65 bits per heavy atom. The van der Waals surface area contributed by atoms with E-state index in [1.165, 1.54) is 26.0 Å². The summed E-state index contributed by atoms with van der Waals surface area (Å²) in [7, 11) is -3.97. The Labute approximate surface area is 199 Å². The summed E-state index contributed by atoms with van der Waals surface area (Å²) < 4.78 is 55.0. The number of carbonyl (C=O) groups excluding carboxylic acids is 1. The molecule has 3 heterocycles. The molecule has 0 saturated carbocycles. The summed E-state index contributed by atoms with van der Waals surface area (Å²) in [5.41, 5.74) is 4.73. The fourth-order valence-electron chi connectivity index (χ4n) is 3.83. The molecule has 12 heteroatoms. The lowest BCUT2D eigenvalue weighted by molar-refractivity contribution is 0.102. The molecule has 0 bridgehead atoms. The summed E-state index contributed by atoms with van der Waals surface area (Å²) in [6.45, 7) is 3.11. The number of fused-ring (bicyclic) bond motifs is 1. The fourth-order valence-corrected chi connectivity index (χ4v) is 5.64. The van der Waals surface area contributed by atoms with Crippen molar-refractivity contribution in [2.24, 2.45) is 10.7 Å². The molecule has 0 aliphatic carbocycles. The number of rotatable bonds is 4. The van der Waals surface area contributed by atoms with Gasteiger partial charge in [0.05, 0.1) is 16.5 Å². The van der Waals surface area contributed by atoms with E-state index in [0.717, 1.165) is 6.07 Å². The van der Waals surface area contributed by atoms with Crippen LogP contribution in [-0.4, -0.2) is 46.7 Å². The van der Waals surface area contributed by atoms with Gasteiger partial charge in [0.25, 0.3) is 5.91 Å². The third kappa shape index (κ3) is 3.72. The van der Waals surface area contributed by atoms with Crippen LogP contribution in [0.25, 0.3) is 5.65 Å². The van der Waals surface area contributed by atoms with Crippen LogP contribution in [0.1, 0.15) is 35.6 Å². The highest BCUT2D eigenvalue weighted by molar-refractivity contribution is 7.93. The highest BCUT2D eigenvalue weighted by Gasteiger charge is 2.52. The van der Waals surface area contributed by atoms with Crippen LogP contribution in [0.3, 0.4) is 0 Å². The second-order valence-corrected chi connectivity index (χ2v) is 11.7. The summed E-state index contributed by atoms with van der Waals surface area (Å²) in [5.74, 6) is -2.56. The predicted molar refractivity (Wildman–Crippen MR) is 126 cm³/mol. The Kier molecular flexibility index (Phi) is 5.68. The molecule has 3 aromatic rings. The number of carbonyl (C=O) groups is 1. The lowest BCUT2D eigenvalue weighted by Crippen LogP contribution is -2.56. The summed E-state index contributed by atoms with van der Waals surface area (Å²) in [5, 5.41) is 3.07. The van der Waals surface area contributed by atoms with Crippen LogP contribution >= 0.6 is 11.6 Å². The Hall–Kier alpha value is -3.05. The lowest BCUT2D eigenvalue weighted by atomic mass is 9.92. The van der Waals surface area contributed by atoms with Gasteiger partial charge in [-0.05, 0) is 51.1 Å². The van der Waals surface area contributed by atoms with Crippen molar-refractivity contribution in [1.82, 2.24) is 9.38 Å². The van der Waals surface area contributed by atoms with E-state index in [1.807, 2.05) is 0 Å². The lowest BCUT2D eigenvalue weighted by Gasteiger charge is -2.38. The van der Waals surface area contributed by atoms with Gasteiger partial charge >= 0.3 is 0 Å². The molecule has 34 heavy (non-hydrogen) atoms. The molecule has 0 spiro atoms. The predicted octanol–water partition coefficient (Wildman–Crippen LogP) is 3.42. The average molecular weight is 510 g/mol. The average Bonchev–Trinajstić information content (AvgIpc) is 3.09. The highest BCUT2D eigenvalue weighted by atomic mass is 35.5. The number of amidine groups is 1. The first-order valence-electron chi connectivity index (χ1n) is 10.2. The van der Waals surface area contributed by atoms with Gasteiger partial charge < -0.3 is 15.5 Å². The zero-order chi connectivity index (χ0) is 25.1. The van der Waals surface area contributed by atoms with Gasteiger partial charge in [0, 0.05) is 17.4 Å². The quantitative estimate of drug-likeness (QED) is 0.558. The molecule has 1 amide bonds. The first kappa shape index (κ1) is 24.1. The number of amides is 1. The number of nitrogens with two attached hydrogens (primary N) is 1. The number of hydrogen-bond donors (Lipinski definition) is 2. The normalized spacial score (nSPS) is 21.3. The van der Waals surface area contributed by atoms with Gasteiger partial charge in [0.2, 0.25) is 0 Å². The van der Waals surface area contributed by atoms with Crippen LogP contribution in [0.2, 0.25) is 5.02 Å². The van der Waals surface area contributed by atoms with Gasteiger partial charge in [0.15, 0.2) is 9.84 Å². The molecule has 0 fully saturated rings. The van der Waals surface area contributed by atoms with Crippen LogP contribution in [0.5, 0.6) is 0 Å². The third-order valence-corrected chi connectivity index (χ3v) is 8.99. The van der Waals surface area contributed by atoms with E-state index in [1.54, 1.807) is 29.7 Å². The SMILES string of the molecule is Cc1c(C(=O)Nc2ccc(F)c(C3(CF)CS(=O)(=O)C(C)(C)C(N)=N3)c2)nc2ccc(Cl)cn12. The van der Waals surface area contributed by atoms with Crippen molar-refractivity contribution in [3.05, 3.63) is 64.3 Å². The number of imidazole rings is 1. The Morgan fingerprint density at radius 2 is 2.00 bits per heavy atom. The number of halogens is 3. The van der Waals surface area contributed by atoms with E-state index in [4.69, 9.17) is 17.3 Å². The second kappa shape index (κ2) is 8.02. The smallest absolute Gasteiger partial charge is 0.276 e. The maximum Gasteiger partial charge on any atom is 0.276 e. The first-order valence-corrected chi connectivity index (χ1v) is 12.2. The Balaban J connectivity index is 1.74. The number of benzene rings is 1. The molecule has 1 unspecified atom stereocenters. The number of aliphatic imine (C=N–C) groups is 1. The van der Waals surface area contributed by atoms with E-state index in [9.17, 15) is 22.0 Å². The first-order chi connectivity index (χ1) is 15.8. The van der Waals surface area contributed by atoms with Gasteiger partial charge in [0.1, 0.15) is 40.0 Å². The minimum absolute atomic E-state index is 0.109. The number of sulfone groups is 1. The monoisotopic (exact) mass is 509 g/mol. The Morgan fingerprint density at radius 1 is 1.29 bits per heavy atom. The minimum Gasteiger partial charge on any atom is -0.386 e. The van der Waals surface area contributed by atoms with Gasteiger partial charge in [-0.15, -0.1) is 0 Å². The third-order valence-electron chi connectivity index (χ3n) is 6.14. The van der Waals surface area contributed by atoms with E-state index >= 15 is 0 Å². The summed E-state index contributed by atoms with van der Waals surface area (Å²) >= 11 is 6.01. The largest absolute Gasteiger partial charge is 0.386 e. The van der Waals surface area contributed by atoms with Gasteiger partial charge in [-0.2, -0.15) is 0 Å². The molecule has 8 nitrogen and oxygen atoms in total. The van der Waals surface area contributed by atoms with Crippen LogP contribution in [-0.2, 0) is 15.4 Å². The molecule has 1 aromatic carbocycles. The summed E-state index contributed by atoms with van der Waals surface area (Å²) in [6.07, 6.45) is 1.62. The van der Waals surface area contributed by atoms with E-state index in [2.05, 4.69) is 15.3 Å². The van der Waals surface area contributed by atoms with Crippen molar-refractivity contribution in [1.29, 1.82) is 0 Å². The number of alkyl halides is 1. The second-order valence-electron chi connectivity index (χ2n) is 8.70. The Bertz CT molecular complexity index is 1470. The van der Waals surface area contributed by atoms with Crippen molar-refractivity contribution in [3.63, 3.8) is 0 Å². The molecule has 4 rings (SSSR count).